The molecule has 4 rings (SSSR count). The number of carbonyl (C=O) groups excluding carboxylic acids is 1. The number of carbonyl (C=O) groups is 1. The number of benzene rings is 1. The Bertz CT molecular complexity index is 928. The predicted molar refractivity (Wildman–Crippen MR) is 142 cm³/mol. The van der Waals surface area contributed by atoms with Crippen molar-refractivity contribution >= 4 is 46.7 Å². The van der Waals surface area contributed by atoms with Gasteiger partial charge >= 0.3 is 0 Å². The van der Waals surface area contributed by atoms with E-state index in [9.17, 15) is 4.79 Å². The van der Waals surface area contributed by atoms with Gasteiger partial charge in [-0.3, -0.25) is 14.7 Å². The standard InChI is InChI=1S/C24H36N6O.HI/c1-18-7-6-8-21-22(18)20(17-27-21)9-10-26-24(25-3)30-15-13-28(14-16-30)19(2)23(31)29-11-4-5-12-29;/h6-8,17,19,27H,4-5,9-16H2,1-3H3,(H,25,26);1H. The van der Waals surface area contributed by atoms with E-state index in [4.69, 9.17) is 0 Å². The Hall–Kier alpha value is -1.81. The fourth-order valence-corrected chi connectivity index (χ4v) is 4.97. The minimum absolute atomic E-state index is 0. The molecule has 2 aliphatic rings. The number of halogens is 1. The lowest BCUT2D eigenvalue weighted by atomic mass is 10.1. The molecule has 2 saturated heterocycles. The molecule has 8 heteroatoms. The summed E-state index contributed by atoms with van der Waals surface area (Å²) in [6, 6.07) is 6.37. The summed E-state index contributed by atoms with van der Waals surface area (Å²) in [6.07, 6.45) is 5.36. The van der Waals surface area contributed by atoms with Gasteiger partial charge in [-0.1, -0.05) is 12.1 Å². The van der Waals surface area contributed by atoms with Crippen molar-refractivity contribution in [1.82, 2.24) is 25.0 Å². The number of piperazine rings is 1. The van der Waals surface area contributed by atoms with Crippen molar-refractivity contribution in [2.45, 2.75) is 39.2 Å². The number of amides is 1. The van der Waals surface area contributed by atoms with Crippen LogP contribution in [-0.4, -0.2) is 90.5 Å². The van der Waals surface area contributed by atoms with E-state index in [0.29, 0.717) is 5.91 Å². The molecule has 3 heterocycles. The number of nitrogens with one attached hydrogen (secondary N) is 2. The number of guanidine groups is 1. The average molecular weight is 553 g/mol. The van der Waals surface area contributed by atoms with E-state index in [0.717, 1.165) is 71.0 Å². The summed E-state index contributed by atoms with van der Waals surface area (Å²) in [4.78, 5) is 27.3. The molecule has 7 nitrogen and oxygen atoms in total. The lowest BCUT2D eigenvalue weighted by Gasteiger charge is -2.39. The van der Waals surface area contributed by atoms with Crippen molar-refractivity contribution in [1.29, 1.82) is 0 Å². The van der Waals surface area contributed by atoms with E-state index in [1.807, 2.05) is 11.9 Å². The van der Waals surface area contributed by atoms with Crippen molar-refractivity contribution < 1.29 is 4.79 Å². The molecule has 2 aliphatic heterocycles. The maximum atomic E-state index is 12.7. The van der Waals surface area contributed by atoms with Crippen molar-refractivity contribution in [2.75, 3.05) is 52.9 Å². The van der Waals surface area contributed by atoms with Crippen LogP contribution in [0.3, 0.4) is 0 Å². The number of H-pyrrole nitrogens is 1. The van der Waals surface area contributed by atoms with Gasteiger partial charge in [0.15, 0.2) is 5.96 Å². The van der Waals surface area contributed by atoms with Crippen molar-refractivity contribution in [2.24, 2.45) is 4.99 Å². The normalized spacial score (nSPS) is 18.7. The van der Waals surface area contributed by atoms with Gasteiger partial charge in [-0.2, -0.15) is 0 Å². The van der Waals surface area contributed by atoms with Crippen LogP contribution in [0.4, 0.5) is 0 Å². The SMILES string of the molecule is CN=C(NCCc1c[nH]c2cccc(C)c12)N1CCN(C(C)C(=O)N2CCCC2)CC1.I. The molecule has 1 unspecified atom stereocenters. The second kappa shape index (κ2) is 11.4. The van der Waals surface area contributed by atoms with Gasteiger partial charge in [0.1, 0.15) is 0 Å². The van der Waals surface area contributed by atoms with Gasteiger partial charge in [0.05, 0.1) is 6.04 Å². The summed E-state index contributed by atoms with van der Waals surface area (Å²) in [5, 5.41) is 4.88. The van der Waals surface area contributed by atoms with Crippen molar-refractivity contribution in [3.05, 3.63) is 35.5 Å². The Balaban J connectivity index is 0.00000289. The minimum Gasteiger partial charge on any atom is -0.361 e. The maximum Gasteiger partial charge on any atom is 0.239 e. The van der Waals surface area contributed by atoms with Gasteiger partial charge < -0.3 is 20.1 Å². The number of hydrogen-bond donors (Lipinski definition) is 2. The Kier molecular flexibility index (Phi) is 8.81. The Morgan fingerprint density at radius 1 is 1.12 bits per heavy atom. The van der Waals surface area contributed by atoms with Crippen LogP contribution in [-0.2, 0) is 11.2 Å². The third-order valence-corrected chi connectivity index (χ3v) is 6.82. The van der Waals surface area contributed by atoms with Gasteiger partial charge in [0, 0.05) is 70.0 Å². The highest BCUT2D eigenvalue weighted by Crippen LogP contribution is 2.22. The summed E-state index contributed by atoms with van der Waals surface area (Å²) in [6.45, 7) is 10.5. The fraction of sp³-hybridized carbons (Fsp3) is 0.583. The number of likely N-dealkylation sites (tertiary alicyclic amines) is 1. The first-order chi connectivity index (χ1) is 15.1. The Labute approximate surface area is 208 Å². The average Bonchev–Trinajstić information content (AvgIpc) is 3.47. The van der Waals surface area contributed by atoms with Crippen LogP contribution < -0.4 is 5.32 Å². The van der Waals surface area contributed by atoms with E-state index < -0.39 is 0 Å². The molecule has 2 fully saturated rings. The molecular formula is C24H37IN6O. The van der Waals surface area contributed by atoms with Crippen LogP contribution in [0, 0.1) is 6.92 Å². The monoisotopic (exact) mass is 552 g/mol. The highest BCUT2D eigenvalue weighted by Gasteiger charge is 2.30. The number of aryl methyl sites for hydroxylation is 1. The Morgan fingerprint density at radius 2 is 1.84 bits per heavy atom. The molecule has 176 valence electrons. The second-order valence-electron chi connectivity index (χ2n) is 8.77. The number of aromatic nitrogens is 1. The highest BCUT2D eigenvalue weighted by molar-refractivity contribution is 14.0. The summed E-state index contributed by atoms with van der Waals surface area (Å²) >= 11 is 0. The second-order valence-corrected chi connectivity index (χ2v) is 8.77. The third kappa shape index (κ3) is 5.39. The highest BCUT2D eigenvalue weighted by atomic mass is 127. The molecule has 1 aromatic heterocycles. The molecule has 0 saturated carbocycles. The van der Waals surface area contributed by atoms with Crippen molar-refractivity contribution in [3.8, 4) is 0 Å². The first-order valence-corrected chi connectivity index (χ1v) is 11.6. The van der Waals surface area contributed by atoms with E-state index in [1.54, 1.807) is 0 Å². The summed E-state index contributed by atoms with van der Waals surface area (Å²) in [5.41, 5.74) is 3.86. The van der Waals surface area contributed by atoms with E-state index in [1.165, 1.54) is 22.0 Å². The minimum atomic E-state index is -0.0275. The number of aromatic amines is 1. The third-order valence-electron chi connectivity index (χ3n) is 6.82. The summed E-state index contributed by atoms with van der Waals surface area (Å²) in [5.74, 6) is 1.25. The Morgan fingerprint density at radius 3 is 2.53 bits per heavy atom. The van der Waals surface area contributed by atoms with Gasteiger partial charge in [0.2, 0.25) is 5.91 Å². The number of hydrogen-bond acceptors (Lipinski definition) is 3. The quantitative estimate of drug-likeness (QED) is 0.340. The van der Waals surface area contributed by atoms with Crippen LogP contribution in [0.5, 0.6) is 0 Å². The van der Waals surface area contributed by atoms with Crippen LogP contribution in [0.15, 0.2) is 29.4 Å². The molecule has 0 radical (unpaired) electrons. The first-order valence-electron chi connectivity index (χ1n) is 11.6. The van der Waals surface area contributed by atoms with Gasteiger partial charge in [0.25, 0.3) is 0 Å². The van der Waals surface area contributed by atoms with Crippen LogP contribution in [0.25, 0.3) is 10.9 Å². The van der Waals surface area contributed by atoms with Gasteiger partial charge in [-0.25, -0.2) is 0 Å². The molecule has 1 atom stereocenters. The summed E-state index contributed by atoms with van der Waals surface area (Å²) in [7, 11) is 1.85. The topological polar surface area (TPSA) is 67.0 Å². The van der Waals surface area contributed by atoms with Crippen LogP contribution in [0.1, 0.15) is 30.9 Å². The van der Waals surface area contributed by atoms with Crippen LogP contribution in [0.2, 0.25) is 0 Å². The number of rotatable bonds is 5. The van der Waals surface area contributed by atoms with E-state index in [2.05, 4.69) is 63.3 Å². The van der Waals surface area contributed by atoms with Crippen molar-refractivity contribution in [3.63, 3.8) is 0 Å². The first kappa shape index (κ1) is 24.8. The lowest BCUT2D eigenvalue weighted by molar-refractivity contribution is -0.135. The number of nitrogens with zero attached hydrogens (tertiary/aromatic N) is 4. The van der Waals surface area contributed by atoms with Gasteiger partial charge in [-0.05, 0) is 50.3 Å². The smallest absolute Gasteiger partial charge is 0.239 e. The molecule has 2 aromatic rings. The molecule has 1 aromatic carbocycles. The lowest BCUT2D eigenvalue weighted by Crippen LogP contribution is -2.57. The number of fused-ring (bicyclic) bond motifs is 1. The molecular weight excluding hydrogens is 515 g/mol. The summed E-state index contributed by atoms with van der Waals surface area (Å²) < 4.78 is 0. The predicted octanol–water partition coefficient (Wildman–Crippen LogP) is 2.84. The zero-order chi connectivity index (χ0) is 21.8. The largest absolute Gasteiger partial charge is 0.361 e. The molecule has 0 bridgehead atoms. The van der Waals surface area contributed by atoms with Gasteiger partial charge in [-0.15, -0.1) is 24.0 Å². The molecule has 2 N–H and O–H groups in total. The fourth-order valence-electron chi connectivity index (χ4n) is 4.97. The zero-order valence-electron chi connectivity index (χ0n) is 19.6. The van der Waals surface area contributed by atoms with Crippen LogP contribution >= 0.6 is 24.0 Å². The zero-order valence-corrected chi connectivity index (χ0v) is 21.9. The number of aliphatic imine (C=N–C) groups is 1. The molecule has 0 aliphatic carbocycles. The molecule has 0 spiro atoms. The van der Waals surface area contributed by atoms with E-state index in [-0.39, 0.29) is 30.0 Å². The molecule has 1 amide bonds. The maximum absolute atomic E-state index is 12.7. The molecule has 32 heavy (non-hydrogen) atoms. The van der Waals surface area contributed by atoms with E-state index >= 15 is 0 Å².